The summed E-state index contributed by atoms with van der Waals surface area (Å²) in [7, 11) is 0. The SMILES string of the molecule is CCC(C)c1ccc(N=Cc2cc3c(cc2F)N(CC)C(C)(C)C=C3C)cc1. The lowest BCUT2D eigenvalue weighted by Crippen LogP contribution is -2.45. The molecule has 0 saturated carbocycles. The number of halogens is 1. The second kappa shape index (κ2) is 7.90. The Balaban J connectivity index is 1.92. The summed E-state index contributed by atoms with van der Waals surface area (Å²) in [4.78, 5) is 6.75. The molecule has 2 aromatic carbocycles. The summed E-state index contributed by atoms with van der Waals surface area (Å²) in [5.41, 5.74) is 5.77. The highest BCUT2D eigenvalue weighted by molar-refractivity contribution is 5.89. The molecule has 1 heterocycles. The highest BCUT2D eigenvalue weighted by atomic mass is 19.1. The summed E-state index contributed by atoms with van der Waals surface area (Å²) < 4.78 is 14.8. The maximum atomic E-state index is 14.8. The Morgan fingerprint density at radius 3 is 2.43 bits per heavy atom. The molecule has 1 unspecified atom stereocenters. The largest absolute Gasteiger partial charge is 0.363 e. The lowest BCUT2D eigenvalue weighted by molar-refractivity contribution is 0.561. The molecule has 2 nitrogen and oxygen atoms in total. The molecule has 0 amide bonds. The van der Waals surface area contributed by atoms with Crippen molar-refractivity contribution < 1.29 is 4.39 Å². The van der Waals surface area contributed by atoms with Crippen molar-refractivity contribution in [1.29, 1.82) is 0 Å². The molecule has 148 valence electrons. The monoisotopic (exact) mass is 378 g/mol. The maximum Gasteiger partial charge on any atom is 0.134 e. The van der Waals surface area contributed by atoms with Gasteiger partial charge in [-0.25, -0.2) is 4.39 Å². The number of nitrogens with zero attached hydrogens (tertiary/aromatic N) is 2. The zero-order valence-corrected chi connectivity index (χ0v) is 17.9. The van der Waals surface area contributed by atoms with Gasteiger partial charge in [0, 0.05) is 29.6 Å². The highest BCUT2D eigenvalue weighted by Gasteiger charge is 2.30. The minimum Gasteiger partial charge on any atom is -0.363 e. The van der Waals surface area contributed by atoms with Crippen LogP contribution in [-0.4, -0.2) is 18.3 Å². The van der Waals surface area contributed by atoms with Gasteiger partial charge in [-0.05, 0) is 75.4 Å². The van der Waals surface area contributed by atoms with Gasteiger partial charge in [-0.1, -0.05) is 32.1 Å². The van der Waals surface area contributed by atoms with Crippen molar-refractivity contribution in [2.24, 2.45) is 4.99 Å². The lowest BCUT2D eigenvalue weighted by atomic mass is 9.88. The van der Waals surface area contributed by atoms with Crippen molar-refractivity contribution in [1.82, 2.24) is 0 Å². The molecule has 1 atom stereocenters. The molecule has 28 heavy (non-hydrogen) atoms. The smallest absolute Gasteiger partial charge is 0.134 e. The molecule has 0 saturated heterocycles. The van der Waals surface area contributed by atoms with Crippen LogP contribution in [0.5, 0.6) is 0 Å². The summed E-state index contributed by atoms with van der Waals surface area (Å²) in [6.07, 6.45) is 5.00. The number of rotatable bonds is 5. The third-order valence-corrected chi connectivity index (χ3v) is 5.84. The Morgan fingerprint density at radius 1 is 1.14 bits per heavy atom. The van der Waals surface area contributed by atoms with Crippen molar-refractivity contribution in [2.75, 3.05) is 11.4 Å². The van der Waals surface area contributed by atoms with E-state index in [9.17, 15) is 4.39 Å². The quantitative estimate of drug-likeness (QED) is 0.506. The molecule has 3 heteroatoms. The van der Waals surface area contributed by atoms with E-state index in [1.165, 1.54) is 11.1 Å². The molecule has 0 N–H and O–H groups in total. The van der Waals surface area contributed by atoms with Crippen LogP contribution in [0.15, 0.2) is 47.5 Å². The molecular weight excluding hydrogens is 347 g/mol. The Labute approximate surface area is 168 Å². The highest BCUT2D eigenvalue weighted by Crippen LogP contribution is 2.39. The first-order valence-corrected chi connectivity index (χ1v) is 10.2. The first-order chi connectivity index (χ1) is 13.3. The molecule has 0 bridgehead atoms. The van der Waals surface area contributed by atoms with Crippen LogP contribution in [0.2, 0.25) is 0 Å². The predicted molar refractivity (Wildman–Crippen MR) is 120 cm³/mol. The third kappa shape index (κ3) is 3.89. The lowest BCUT2D eigenvalue weighted by Gasteiger charge is -2.42. The van der Waals surface area contributed by atoms with E-state index in [-0.39, 0.29) is 11.4 Å². The molecular formula is C25H31FN2. The molecule has 1 aliphatic rings. The minimum atomic E-state index is -0.234. The topological polar surface area (TPSA) is 15.6 Å². The van der Waals surface area contributed by atoms with Gasteiger partial charge in [0.1, 0.15) is 5.82 Å². The first kappa shape index (κ1) is 20.3. The molecule has 3 rings (SSSR count). The Bertz CT molecular complexity index is 907. The van der Waals surface area contributed by atoms with Gasteiger partial charge in [0.05, 0.1) is 11.2 Å². The number of likely N-dealkylation sites (N-methyl/N-ethyl adjacent to an activating group) is 1. The van der Waals surface area contributed by atoms with E-state index >= 15 is 0 Å². The van der Waals surface area contributed by atoms with E-state index in [1.54, 1.807) is 12.3 Å². The normalized spacial score (nSPS) is 16.8. The fraction of sp³-hybridized carbons (Fsp3) is 0.400. The van der Waals surface area contributed by atoms with Crippen LogP contribution in [0.25, 0.3) is 5.57 Å². The van der Waals surface area contributed by atoms with Crippen LogP contribution in [-0.2, 0) is 0 Å². The Morgan fingerprint density at radius 2 is 1.82 bits per heavy atom. The average molecular weight is 379 g/mol. The number of anilines is 1. The number of aliphatic imine (C=N–C) groups is 1. The molecule has 0 fully saturated rings. The second-order valence-corrected chi connectivity index (χ2v) is 8.28. The maximum absolute atomic E-state index is 14.8. The van der Waals surface area contributed by atoms with Crippen molar-refractivity contribution in [3.8, 4) is 0 Å². The molecule has 0 aliphatic carbocycles. The van der Waals surface area contributed by atoms with Crippen LogP contribution in [0, 0.1) is 5.82 Å². The zero-order valence-electron chi connectivity index (χ0n) is 17.9. The Hall–Kier alpha value is -2.42. The summed E-state index contributed by atoms with van der Waals surface area (Å²) >= 11 is 0. The van der Waals surface area contributed by atoms with E-state index in [0.29, 0.717) is 11.5 Å². The molecule has 0 radical (unpaired) electrons. The van der Waals surface area contributed by atoms with Gasteiger partial charge in [0.15, 0.2) is 0 Å². The van der Waals surface area contributed by atoms with Crippen LogP contribution < -0.4 is 4.90 Å². The van der Waals surface area contributed by atoms with Crippen LogP contribution >= 0.6 is 0 Å². The molecule has 0 spiro atoms. The number of benzene rings is 2. The van der Waals surface area contributed by atoms with Gasteiger partial charge in [0.25, 0.3) is 0 Å². The fourth-order valence-corrected chi connectivity index (χ4v) is 4.06. The summed E-state index contributed by atoms with van der Waals surface area (Å²) in [5.74, 6) is 0.305. The van der Waals surface area contributed by atoms with Crippen LogP contribution in [0.3, 0.4) is 0 Å². The van der Waals surface area contributed by atoms with Crippen molar-refractivity contribution in [3.63, 3.8) is 0 Å². The Kier molecular flexibility index (Phi) is 5.74. The first-order valence-electron chi connectivity index (χ1n) is 10.2. The van der Waals surface area contributed by atoms with Crippen molar-refractivity contribution in [2.45, 2.75) is 59.4 Å². The fourth-order valence-electron chi connectivity index (χ4n) is 4.06. The second-order valence-electron chi connectivity index (χ2n) is 8.28. The van der Waals surface area contributed by atoms with Gasteiger partial charge in [-0.2, -0.15) is 0 Å². The predicted octanol–water partition coefficient (Wildman–Crippen LogP) is 7.11. The minimum absolute atomic E-state index is 0.120. The van der Waals surface area contributed by atoms with E-state index in [4.69, 9.17) is 0 Å². The number of hydrogen-bond donors (Lipinski definition) is 0. The van der Waals surface area contributed by atoms with Crippen molar-refractivity contribution in [3.05, 3.63) is 65.0 Å². The zero-order chi connectivity index (χ0) is 20.5. The summed E-state index contributed by atoms with van der Waals surface area (Å²) in [6.45, 7) is 13.8. The van der Waals surface area contributed by atoms with Gasteiger partial charge in [-0.15, -0.1) is 0 Å². The van der Waals surface area contributed by atoms with E-state index in [2.05, 4.69) is 69.6 Å². The number of fused-ring (bicyclic) bond motifs is 1. The standard InChI is InChI=1S/C25H31FN2/c1-7-17(3)19-9-11-21(12-10-19)27-16-20-13-22-18(4)15-25(5,6)28(8-2)24(22)14-23(20)26/h9-17H,7-8H2,1-6H3. The summed E-state index contributed by atoms with van der Waals surface area (Å²) in [5, 5.41) is 0. The van der Waals surface area contributed by atoms with E-state index < -0.39 is 0 Å². The van der Waals surface area contributed by atoms with Crippen molar-refractivity contribution >= 4 is 23.2 Å². The van der Waals surface area contributed by atoms with E-state index in [0.717, 1.165) is 29.9 Å². The third-order valence-electron chi connectivity index (χ3n) is 5.84. The average Bonchev–Trinajstić information content (AvgIpc) is 2.66. The van der Waals surface area contributed by atoms with Gasteiger partial charge in [0.2, 0.25) is 0 Å². The molecule has 1 aliphatic heterocycles. The number of allylic oxidation sites excluding steroid dienone is 1. The van der Waals surface area contributed by atoms with E-state index in [1.807, 2.05) is 18.2 Å². The number of hydrogen-bond acceptors (Lipinski definition) is 2. The molecule has 0 aromatic heterocycles. The van der Waals surface area contributed by atoms with Crippen LogP contribution in [0.1, 0.15) is 70.6 Å². The van der Waals surface area contributed by atoms with Crippen LogP contribution in [0.4, 0.5) is 15.8 Å². The van der Waals surface area contributed by atoms with Gasteiger partial charge < -0.3 is 4.90 Å². The van der Waals surface area contributed by atoms with Gasteiger partial charge >= 0.3 is 0 Å². The summed E-state index contributed by atoms with van der Waals surface area (Å²) in [6, 6.07) is 11.8. The van der Waals surface area contributed by atoms with Gasteiger partial charge in [-0.3, -0.25) is 4.99 Å². The molecule has 2 aromatic rings.